The van der Waals surface area contributed by atoms with Gasteiger partial charge < -0.3 is 10.4 Å². The molecule has 0 aromatic heterocycles. The highest BCUT2D eigenvalue weighted by Gasteiger charge is 2.47. The normalized spacial score (nSPS) is 16.7. The fourth-order valence-electron chi connectivity index (χ4n) is 4.69. The molecule has 0 aliphatic carbocycles. The van der Waals surface area contributed by atoms with E-state index < -0.39 is 17.7 Å². The van der Waals surface area contributed by atoms with E-state index in [4.69, 9.17) is 0 Å². The number of hydrogen-bond acceptors (Lipinski definition) is 4. The summed E-state index contributed by atoms with van der Waals surface area (Å²) in [5, 5.41) is 14.7. The maximum atomic E-state index is 13.4. The molecule has 0 radical (unpaired) electrons. The van der Waals surface area contributed by atoms with Gasteiger partial charge >= 0.3 is 0 Å². The van der Waals surface area contributed by atoms with Gasteiger partial charge in [-0.15, -0.1) is 0 Å². The van der Waals surface area contributed by atoms with E-state index in [1.165, 1.54) is 4.90 Å². The molecule has 0 saturated carbocycles. The van der Waals surface area contributed by atoms with Crippen molar-refractivity contribution in [3.63, 3.8) is 0 Å². The van der Waals surface area contributed by atoms with Gasteiger partial charge in [0.25, 0.3) is 11.7 Å². The van der Waals surface area contributed by atoms with Crippen LogP contribution in [0.4, 0.5) is 17.1 Å². The molecule has 5 nitrogen and oxygen atoms in total. The number of carbonyl (C=O) groups is 2. The van der Waals surface area contributed by atoms with Crippen molar-refractivity contribution in [2.24, 2.45) is 0 Å². The van der Waals surface area contributed by atoms with E-state index in [9.17, 15) is 14.7 Å². The summed E-state index contributed by atoms with van der Waals surface area (Å²) < 4.78 is 0. The second-order valence-electron chi connectivity index (χ2n) is 9.42. The number of carbonyl (C=O) groups excluding carboxylic acids is 2. The molecule has 1 saturated heterocycles. The van der Waals surface area contributed by atoms with E-state index in [0.29, 0.717) is 11.3 Å². The maximum absolute atomic E-state index is 13.4. The predicted molar refractivity (Wildman–Crippen MR) is 148 cm³/mol. The summed E-state index contributed by atoms with van der Waals surface area (Å²) in [5.41, 5.74) is 6.81. The number of aryl methyl sites for hydroxylation is 3. The van der Waals surface area contributed by atoms with Crippen LogP contribution in [0.3, 0.4) is 0 Å². The molecule has 1 amide bonds. The van der Waals surface area contributed by atoms with Gasteiger partial charge in [0.1, 0.15) is 5.76 Å². The molecule has 184 valence electrons. The lowest BCUT2D eigenvalue weighted by Crippen LogP contribution is -2.29. The van der Waals surface area contributed by atoms with Gasteiger partial charge in [-0.25, -0.2) is 0 Å². The molecular formula is C32H28N2O3. The topological polar surface area (TPSA) is 69.6 Å². The van der Waals surface area contributed by atoms with Crippen molar-refractivity contribution in [3.05, 3.63) is 130 Å². The largest absolute Gasteiger partial charge is 0.507 e. The maximum Gasteiger partial charge on any atom is 0.300 e. The van der Waals surface area contributed by atoms with E-state index >= 15 is 0 Å². The Morgan fingerprint density at radius 3 is 2.14 bits per heavy atom. The van der Waals surface area contributed by atoms with Gasteiger partial charge in [-0.3, -0.25) is 14.5 Å². The number of aliphatic hydroxyl groups is 1. The van der Waals surface area contributed by atoms with Crippen molar-refractivity contribution in [1.29, 1.82) is 0 Å². The average Bonchev–Trinajstić information content (AvgIpc) is 3.16. The van der Waals surface area contributed by atoms with Crippen LogP contribution in [0.25, 0.3) is 5.76 Å². The van der Waals surface area contributed by atoms with Crippen molar-refractivity contribution in [3.8, 4) is 0 Å². The van der Waals surface area contributed by atoms with E-state index in [2.05, 4.69) is 5.32 Å². The number of hydrogen-bond donors (Lipinski definition) is 2. The SMILES string of the molecule is Cc1cccc(C2/C(=C(/O)c3ccc(C)c(C)c3)C(=O)C(=O)N2c2ccc(Nc3ccccc3)cc2)c1. The van der Waals surface area contributed by atoms with Gasteiger partial charge in [-0.2, -0.15) is 0 Å². The lowest BCUT2D eigenvalue weighted by atomic mass is 9.93. The van der Waals surface area contributed by atoms with Gasteiger partial charge in [0.15, 0.2) is 0 Å². The molecule has 0 bridgehead atoms. The van der Waals surface area contributed by atoms with Gasteiger partial charge in [0.2, 0.25) is 0 Å². The van der Waals surface area contributed by atoms with Crippen molar-refractivity contribution >= 4 is 34.5 Å². The first-order valence-electron chi connectivity index (χ1n) is 12.2. The van der Waals surface area contributed by atoms with Crippen LogP contribution in [0.15, 0.2) is 103 Å². The quantitative estimate of drug-likeness (QED) is 0.181. The van der Waals surface area contributed by atoms with Crippen LogP contribution < -0.4 is 10.2 Å². The lowest BCUT2D eigenvalue weighted by Gasteiger charge is -2.26. The first-order valence-corrected chi connectivity index (χ1v) is 12.2. The van der Waals surface area contributed by atoms with Crippen LogP contribution in [-0.4, -0.2) is 16.8 Å². The van der Waals surface area contributed by atoms with Crippen LogP contribution >= 0.6 is 0 Å². The van der Waals surface area contributed by atoms with Crippen LogP contribution in [0.1, 0.15) is 33.9 Å². The van der Waals surface area contributed by atoms with E-state index in [0.717, 1.165) is 33.6 Å². The number of Topliss-reactive ketones (excluding diaryl/α,β-unsaturated/α-hetero) is 1. The number of ketones is 1. The summed E-state index contributed by atoms with van der Waals surface area (Å²) >= 11 is 0. The molecule has 1 aliphatic heterocycles. The van der Waals surface area contributed by atoms with Crippen LogP contribution in [-0.2, 0) is 9.59 Å². The third-order valence-corrected chi connectivity index (χ3v) is 6.79. The Balaban J connectivity index is 1.60. The highest BCUT2D eigenvalue weighted by molar-refractivity contribution is 6.51. The highest BCUT2D eigenvalue weighted by Crippen LogP contribution is 2.42. The molecule has 1 heterocycles. The zero-order valence-electron chi connectivity index (χ0n) is 21.0. The van der Waals surface area contributed by atoms with E-state index in [1.54, 1.807) is 6.07 Å². The summed E-state index contributed by atoms with van der Waals surface area (Å²) in [4.78, 5) is 28.3. The molecule has 1 atom stereocenters. The molecule has 1 unspecified atom stereocenters. The van der Waals surface area contributed by atoms with Gasteiger partial charge in [0.05, 0.1) is 11.6 Å². The molecule has 1 fully saturated rings. The number of amides is 1. The third-order valence-electron chi connectivity index (χ3n) is 6.79. The van der Waals surface area contributed by atoms with Crippen LogP contribution in [0.5, 0.6) is 0 Å². The zero-order valence-corrected chi connectivity index (χ0v) is 21.0. The van der Waals surface area contributed by atoms with Gasteiger partial charge in [0, 0.05) is 22.6 Å². The Labute approximate surface area is 216 Å². The van der Waals surface area contributed by atoms with Crippen LogP contribution in [0, 0.1) is 20.8 Å². The number of aliphatic hydroxyl groups excluding tert-OH is 1. The highest BCUT2D eigenvalue weighted by atomic mass is 16.3. The van der Waals surface area contributed by atoms with Crippen molar-refractivity contribution < 1.29 is 14.7 Å². The second kappa shape index (κ2) is 9.78. The van der Waals surface area contributed by atoms with E-state index in [-0.39, 0.29) is 11.3 Å². The van der Waals surface area contributed by atoms with Crippen molar-refractivity contribution in [2.75, 3.05) is 10.2 Å². The summed E-state index contributed by atoms with van der Waals surface area (Å²) in [6, 6.07) is 29.6. The molecule has 37 heavy (non-hydrogen) atoms. The molecule has 0 spiro atoms. The number of nitrogens with one attached hydrogen (secondary N) is 1. The molecule has 1 aliphatic rings. The number of para-hydroxylation sites is 1. The monoisotopic (exact) mass is 488 g/mol. The van der Waals surface area contributed by atoms with Crippen molar-refractivity contribution in [2.45, 2.75) is 26.8 Å². The Hall–Kier alpha value is -4.64. The summed E-state index contributed by atoms with van der Waals surface area (Å²) in [7, 11) is 0. The smallest absolute Gasteiger partial charge is 0.300 e. The number of nitrogens with zero attached hydrogens (tertiary/aromatic N) is 1. The van der Waals surface area contributed by atoms with E-state index in [1.807, 2.05) is 112 Å². The van der Waals surface area contributed by atoms with Gasteiger partial charge in [-0.05, 0) is 79.9 Å². The molecular weight excluding hydrogens is 460 g/mol. The van der Waals surface area contributed by atoms with Gasteiger partial charge in [-0.1, -0.05) is 60.2 Å². The Morgan fingerprint density at radius 2 is 1.46 bits per heavy atom. The minimum absolute atomic E-state index is 0.0883. The lowest BCUT2D eigenvalue weighted by molar-refractivity contribution is -0.132. The van der Waals surface area contributed by atoms with Crippen LogP contribution in [0.2, 0.25) is 0 Å². The summed E-state index contributed by atoms with van der Waals surface area (Å²) in [6.45, 7) is 5.90. The number of rotatable bonds is 5. The number of benzene rings is 4. The molecule has 5 heteroatoms. The zero-order chi connectivity index (χ0) is 26.1. The molecule has 5 rings (SSSR count). The standard InChI is InChI=1S/C32H28N2O3/c1-20-8-7-9-23(18-20)29-28(30(35)24-13-12-21(2)22(3)19-24)31(36)32(37)34(29)27-16-14-26(15-17-27)33-25-10-5-4-6-11-25/h4-19,29,33,35H,1-3H3/b30-28-. The fourth-order valence-corrected chi connectivity index (χ4v) is 4.69. The average molecular weight is 489 g/mol. The summed E-state index contributed by atoms with van der Waals surface area (Å²) in [6.07, 6.45) is 0. The van der Waals surface area contributed by atoms with Crippen molar-refractivity contribution in [1.82, 2.24) is 0 Å². The Bertz CT molecular complexity index is 1520. The minimum Gasteiger partial charge on any atom is -0.507 e. The first kappa shape index (κ1) is 24.1. The third kappa shape index (κ3) is 4.64. The molecule has 4 aromatic rings. The summed E-state index contributed by atoms with van der Waals surface area (Å²) in [5.74, 6) is -1.53. The minimum atomic E-state index is -0.755. The number of anilines is 3. The second-order valence-corrected chi connectivity index (χ2v) is 9.42. The predicted octanol–water partition coefficient (Wildman–Crippen LogP) is 6.98. The fraction of sp³-hybridized carbons (Fsp3) is 0.125. The molecule has 4 aromatic carbocycles. The Kier molecular flexibility index (Phi) is 6.36. The Morgan fingerprint density at radius 1 is 0.757 bits per heavy atom. The first-order chi connectivity index (χ1) is 17.8. The molecule has 2 N–H and O–H groups in total.